The monoisotopic (exact) mass is 229 g/mol. The molecule has 76 valence electrons. The Hall–Kier alpha value is -0.540. The third-order valence-corrected chi connectivity index (χ3v) is 3.78. The Bertz CT molecular complexity index is 326. The first-order valence-corrected chi connectivity index (χ1v) is 6.12. The molecule has 0 bridgehead atoms. The molecule has 2 rings (SSSR count). The Labute approximate surface area is 92.3 Å². The molecule has 0 atom stereocenters. The fraction of sp³-hybridized carbons (Fsp3) is 0.500. The van der Waals surface area contributed by atoms with Gasteiger partial charge >= 0.3 is 0 Å². The predicted octanol–water partition coefficient (Wildman–Crippen LogP) is 2.21. The highest BCUT2D eigenvalue weighted by Gasteiger charge is 2.17. The second-order valence-electron chi connectivity index (χ2n) is 3.36. The number of amides is 1. The smallest absolute Gasteiger partial charge is 0.261 e. The van der Waals surface area contributed by atoms with Crippen molar-refractivity contribution in [2.24, 2.45) is 0 Å². The van der Waals surface area contributed by atoms with Crippen molar-refractivity contribution in [3.63, 3.8) is 0 Å². The van der Waals surface area contributed by atoms with Crippen molar-refractivity contribution in [3.8, 4) is 0 Å². The van der Waals surface area contributed by atoms with Crippen molar-refractivity contribution in [1.82, 2.24) is 5.32 Å². The lowest BCUT2D eigenvalue weighted by molar-refractivity contribution is 0.0960. The number of aryl methyl sites for hydroxylation is 2. The Morgan fingerprint density at radius 2 is 2.43 bits per heavy atom. The van der Waals surface area contributed by atoms with E-state index in [1.807, 2.05) is 6.07 Å². The van der Waals surface area contributed by atoms with E-state index in [2.05, 4.69) is 5.32 Å². The normalized spacial score (nSPS) is 14.1. The summed E-state index contributed by atoms with van der Waals surface area (Å²) in [4.78, 5) is 13.8. The van der Waals surface area contributed by atoms with Gasteiger partial charge in [-0.1, -0.05) is 0 Å². The second kappa shape index (κ2) is 4.32. The van der Waals surface area contributed by atoms with E-state index >= 15 is 0 Å². The van der Waals surface area contributed by atoms with E-state index in [4.69, 9.17) is 11.6 Å². The van der Waals surface area contributed by atoms with E-state index in [-0.39, 0.29) is 5.91 Å². The van der Waals surface area contributed by atoms with Crippen molar-refractivity contribution in [2.45, 2.75) is 19.3 Å². The molecule has 0 fully saturated rings. The second-order valence-corrected chi connectivity index (χ2v) is 4.87. The fourth-order valence-corrected chi connectivity index (χ4v) is 2.95. The van der Waals surface area contributed by atoms with Gasteiger partial charge in [-0.15, -0.1) is 22.9 Å². The van der Waals surface area contributed by atoms with Gasteiger partial charge in [0, 0.05) is 17.3 Å². The maximum absolute atomic E-state index is 11.5. The average molecular weight is 230 g/mol. The molecule has 14 heavy (non-hydrogen) atoms. The van der Waals surface area contributed by atoms with Gasteiger partial charge in [0.2, 0.25) is 0 Å². The number of carbonyl (C=O) groups is 1. The van der Waals surface area contributed by atoms with Crippen molar-refractivity contribution >= 4 is 28.8 Å². The molecule has 1 aliphatic carbocycles. The number of rotatable bonds is 3. The third-order valence-electron chi connectivity index (χ3n) is 2.35. The van der Waals surface area contributed by atoms with Crippen LogP contribution < -0.4 is 5.32 Å². The topological polar surface area (TPSA) is 29.1 Å². The van der Waals surface area contributed by atoms with Gasteiger partial charge in [-0.25, -0.2) is 0 Å². The molecule has 1 heterocycles. The SMILES string of the molecule is O=C(NCCCl)c1cc2c(s1)CCC2. The Morgan fingerprint density at radius 1 is 1.57 bits per heavy atom. The maximum Gasteiger partial charge on any atom is 0.261 e. The van der Waals surface area contributed by atoms with Crippen molar-refractivity contribution in [2.75, 3.05) is 12.4 Å². The molecular formula is C10H12ClNOS. The molecule has 0 radical (unpaired) electrons. The van der Waals surface area contributed by atoms with Gasteiger partial charge in [0.05, 0.1) is 4.88 Å². The largest absolute Gasteiger partial charge is 0.350 e. The Kier molecular flexibility index (Phi) is 3.08. The van der Waals surface area contributed by atoms with Crippen molar-refractivity contribution in [3.05, 3.63) is 21.4 Å². The number of hydrogen-bond acceptors (Lipinski definition) is 2. The highest BCUT2D eigenvalue weighted by molar-refractivity contribution is 7.14. The lowest BCUT2D eigenvalue weighted by Crippen LogP contribution is -2.24. The van der Waals surface area contributed by atoms with E-state index in [0.29, 0.717) is 12.4 Å². The number of carbonyl (C=O) groups excluding carboxylic acids is 1. The van der Waals surface area contributed by atoms with E-state index in [1.54, 1.807) is 11.3 Å². The van der Waals surface area contributed by atoms with Gasteiger partial charge in [-0.05, 0) is 30.9 Å². The molecule has 0 unspecified atom stereocenters. The molecule has 0 saturated carbocycles. The summed E-state index contributed by atoms with van der Waals surface area (Å²) < 4.78 is 0. The van der Waals surface area contributed by atoms with Gasteiger partial charge < -0.3 is 5.32 Å². The molecule has 1 aliphatic rings. The van der Waals surface area contributed by atoms with E-state index in [0.717, 1.165) is 17.7 Å². The third kappa shape index (κ3) is 1.93. The minimum atomic E-state index is 0.0186. The molecule has 2 nitrogen and oxygen atoms in total. The van der Waals surface area contributed by atoms with Crippen LogP contribution in [0.15, 0.2) is 6.07 Å². The minimum absolute atomic E-state index is 0.0186. The minimum Gasteiger partial charge on any atom is -0.350 e. The summed E-state index contributed by atoms with van der Waals surface area (Å²) in [7, 11) is 0. The fourth-order valence-electron chi connectivity index (χ4n) is 1.69. The summed E-state index contributed by atoms with van der Waals surface area (Å²) in [5, 5.41) is 2.78. The van der Waals surface area contributed by atoms with Crippen molar-refractivity contribution in [1.29, 1.82) is 0 Å². The number of nitrogens with one attached hydrogen (secondary N) is 1. The summed E-state index contributed by atoms with van der Waals surface area (Å²) >= 11 is 7.12. The van der Waals surface area contributed by atoms with Crippen molar-refractivity contribution < 1.29 is 4.79 Å². The molecule has 0 aliphatic heterocycles. The standard InChI is InChI=1S/C10H12ClNOS/c11-4-5-12-10(13)9-6-7-2-1-3-8(7)14-9/h6H,1-5H2,(H,12,13). The first-order chi connectivity index (χ1) is 6.81. The molecular weight excluding hydrogens is 218 g/mol. The molecule has 1 N–H and O–H groups in total. The van der Waals surface area contributed by atoms with Gasteiger partial charge in [0.15, 0.2) is 0 Å². The summed E-state index contributed by atoms with van der Waals surface area (Å²) in [6.45, 7) is 0.545. The van der Waals surface area contributed by atoms with E-state index in [9.17, 15) is 4.79 Å². The van der Waals surface area contributed by atoms with Crippen LogP contribution in [0.1, 0.15) is 26.5 Å². The first-order valence-electron chi connectivity index (χ1n) is 4.77. The van der Waals surface area contributed by atoms with Gasteiger partial charge in [0.25, 0.3) is 5.91 Å². The van der Waals surface area contributed by atoms with Gasteiger partial charge in [-0.3, -0.25) is 4.79 Å². The molecule has 0 aromatic carbocycles. The van der Waals surface area contributed by atoms with Gasteiger partial charge in [0.1, 0.15) is 0 Å². The maximum atomic E-state index is 11.5. The van der Waals surface area contributed by atoms with Crippen LogP contribution in [-0.4, -0.2) is 18.3 Å². The number of thiophene rings is 1. The molecule has 1 aromatic heterocycles. The number of alkyl halides is 1. The van der Waals surface area contributed by atoms with Crippen LogP contribution in [0, 0.1) is 0 Å². The molecule has 4 heteroatoms. The van der Waals surface area contributed by atoms with Crippen LogP contribution in [0.3, 0.4) is 0 Å². The molecule has 1 aromatic rings. The highest BCUT2D eigenvalue weighted by Crippen LogP contribution is 2.30. The predicted molar refractivity (Wildman–Crippen MR) is 59.4 cm³/mol. The Balaban J connectivity index is 2.06. The lowest BCUT2D eigenvalue weighted by Gasteiger charge is -1.99. The molecule has 0 saturated heterocycles. The van der Waals surface area contributed by atoms with Crippen LogP contribution in [0.25, 0.3) is 0 Å². The zero-order valence-corrected chi connectivity index (χ0v) is 9.38. The first kappa shape index (κ1) is 9.99. The summed E-state index contributed by atoms with van der Waals surface area (Å²) in [5.74, 6) is 0.488. The quantitative estimate of drug-likeness (QED) is 0.792. The van der Waals surface area contributed by atoms with Gasteiger partial charge in [-0.2, -0.15) is 0 Å². The molecule has 1 amide bonds. The summed E-state index contributed by atoms with van der Waals surface area (Å²) in [6, 6.07) is 2.02. The van der Waals surface area contributed by atoms with E-state index in [1.165, 1.54) is 16.9 Å². The number of fused-ring (bicyclic) bond motifs is 1. The zero-order valence-electron chi connectivity index (χ0n) is 7.81. The van der Waals surface area contributed by atoms with Crippen LogP contribution in [0.4, 0.5) is 0 Å². The summed E-state index contributed by atoms with van der Waals surface area (Å²) in [6.07, 6.45) is 3.52. The summed E-state index contributed by atoms with van der Waals surface area (Å²) in [5.41, 5.74) is 1.37. The zero-order chi connectivity index (χ0) is 9.97. The van der Waals surface area contributed by atoms with Crippen LogP contribution in [0.2, 0.25) is 0 Å². The average Bonchev–Trinajstić information content (AvgIpc) is 2.72. The number of hydrogen-bond donors (Lipinski definition) is 1. The van der Waals surface area contributed by atoms with E-state index < -0.39 is 0 Å². The highest BCUT2D eigenvalue weighted by atomic mass is 35.5. The lowest BCUT2D eigenvalue weighted by atomic mass is 10.2. The van der Waals surface area contributed by atoms with Crippen LogP contribution >= 0.6 is 22.9 Å². The van der Waals surface area contributed by atoms with Crippen LogP contribution in [-0.2, 0) is 12.8 Å². The molecule has 0 spiro atoms. The number of halogens is 1. The Morgan fingerprint density at radius 3 is 3.14 bits per heavy atom. The van der Waals surface area contributed by atoms with Crippen LogP contribution in [0.5, 0.6) is 0 Å².